The fourth-order valence-corrected chi connectivity index (χ4v) is 3.48. The van der Waals surface area contributed by atoms with Crippen LogP contribution >= 0.6 is 47.3 Å². The summed E-state index contributed by atoms with van der Waals surface area (Å²) in [4.78, 5) is 7.98. The number of hydrogen-bond donors (Lipinski definition) is 2. The van der Waals surface area contributed by atoms with Crippen LogP contribution in [0.1, 0.15) is 12.8 Å². The van der Waals surface area contributed by atoms with Crippen LogP contribution in [0.4, 0.5) is 0 Å². The Hall–Kier alpha value is -0.220. The summed E-state index contributed by atoms with van der Waals surface area (Å²) >= 11 is 7.70. The van der Waals surface area contributed by atoms with E-state index in [4.69, 9.17) is 16.3 Å². The van der Waals surface area contributed by atoms with Gasteiger partial charge in [-0.2, -0.15) is 0 Å². The summed E-state index contributed by atoms with van der Waals surface area (Å²) in [5.74, 6) is 1.86. The second-order valence-corrected chi connectivity index (χ2v) is 7.49. The van der Waals surface area contributed by atoms with E-state index in [2.05, 4.69) is 32.7 Å². The molecule has 148 valence electrons. The van der Waals surface area contributed by atoms with Crippen molar-refractivity contribution in [2.45, 2.75) is 17.7 Å². The lowest BCUT2D eigenvalue weighted by molar-refractivity contribution is 0.0372. The number of halogens is 2. The fourth-order valence-electron chi connectivity index (χ4n) is 2.58. The van der Waals surface area contributed by atoms with E-state index in [1.54, 1.807) is 0 Å². The molecule has 2 rings (SSSR count). The first-order chi connectivity index (χ1) is 12.3. The molecule has 1 fully saturated rings. The van der Waals surface area contributed by atoms with Gasteiger partial charge in [0, 0.05) is 48.9 Å². The van der Waals surface area contributed by atoms with E-state index in [9.17, 15) is 0 Å². The Balaban J connectivity index is 0.00000338. The van der Waals surface area contributed by atoms with Gasteiger partial charge in [0.1, 0.15) is 0 Å². The molecule has 1 aromatic rings. The molecule has 1 aliphatic rings. The molecule has 26 heavy (non-hydrogen) atoms. The molecular weight excluding hydrogens is 483 g/mol. The highest BCUT2D eigenvalue weighted by Crippen LogP contribution is 2.19. The van der Waals surface area contributed by atoms with E-state index >= 15 is 0 Å². The summed E-state index contributed by atoms with van der Waals surface area (Å²) in [6.45, 7) is 6.89. The highest BCUT2D eigenvalue weighted by atomic mass is 127. The van der Waals surface area contributed by atoms with Gasteiger partial charge in [0.15, 0.2) is 5.96 Å². The zero-order chi connectivity index (χ0) is 17.7. The Labute approximate surface area is 183 Å². The van der Waals surface area contributed by atoms with Crippen LogP contribution in [0.25, 0.3) is 0 Å². The molecule has 0 atom stereocenters. The molecule has 1 saturated heterocycles. The fraction of sp³-hybridized carbons (Fsp3) is 0.611. The van der Waals surface area contributed by atoms with E-state index in [0.29, 0.717) is 0 Å². The molecule has 8 heteroatoms. The van der Waals surface area contributed by atoms with Gasteiger partial charge in [-0.25, -0.2) is 0 Å². The van der Waals surface area contributed by atoms with Gasteiger partial charge in [-0.3, -0.25) is 9.89 Å². The van der Waals surface area contributed by atoms with Crippen LogP contribution in [0, 0.1) is 0 Å². The van der Waals surface area contributed by atoms with Crippen molar-refractivity contribution in [2.24, 2.45) is 4.99 Å². The molecule has 0 aromatic heterocycles. The zero-order valence-corrected chi connectivity index (χ0v) is 19.3. The topological polar surface area (TPSA) is 48.9 Å². The van der Waals surface area contributed by atoms with E-state index in [1.807, 2.05) is 30.9 Å². The predicted molar refractivity (Wildman–Crippen MR) is 123 cm³/mol. The maximum absolute atomic E-state index is 5.89. The Bertz CT molecular complexity index is 512. The van der Waals surface area contributed by atoms with Gasteiger partial charge >= 0.3 is 0 Å². The second-order valence-electron chi connectivity index (χ2n) is 5.89. The highest BCUT2D eigenvalue weighted by molar-refractivity contribution is 14.0. The Morgan fingerprint density at radius 3 is 2.54 bits per heavy atom. The molecule has 5 nitrogen and oxygen atoms in total. The van der Waals surface area contributed by atoms with Crippen LogP contribution in [-0.4, -0.2) is 69.6 Å². The number of unbranched alkanes of at least 4 members (excludes halogenated alkanes) is 1. The monoisotopic (exact) mass is 512 g/mol. The van der Waals surface area contributed by atoms with Gasteiger partial charge in [-0.15, -0.1) is 35.7 Å². The summed E-state index contributed by atoms with van der Waals surface area (Å²) in [6, 6.07) is 7.95. The van der Waals surface area contributed by atoms with Crippen molar-refractivity contribution in [1.29, 1.82) is 0 Å². The van der Waals surface area contributed by atoms with Gasteiger partial charge < -0.3 is 15.4 Å². The molecule has 0 aliphatic carbocycles. The maximum atomic E-state index is 5.89. The molecule has 1 aromatic carbocycles. The molecule has 1 aliphatic heterocycles. The molecule has 0 unspecified atom stereocenters. The number of aliphatic imine (C=N–C) groups is 1. The van der Waals surface area contributed by atoms with E-state index in [1.165, 1.54) is 11.3 Å². The normalized spacial score (nSPS) is 15.4. The smallest absolute Gasteiger partial charge is 0.191 e. The average Bonchev–Trinajstić information content (AvgIpc) is 2.65. The lowest BCUT2D eigenvalue weighted by Gasteiger charge is -2.26. The lowest BCUT2D eigenvalue weighted by atomic mass is 10.3. The van der Waals surface area contributed by atoms with Crippen molar-refractivity contribution in [2.75, 3.05) is 58.7 Å². The minimum absolute atomic E-state index is 0. The quantitative estimate of drug-likeness (QED) is 0.175. The summed E-state index contributed by atoms with van der Waals surface area (Å²) in [5.41, 5.74) is 0. The third kappa shape index (κ3) is 10.2. The Morgan fingerprint density at radius 2 is 1.85 bits per heavy atom. The van der Waals surface area contributed by atoms with Crippen LogP contribution in [-0.2, 0) is 4.74 Å². The number of morpholine rings is 1. The van der Waals surface area contributed by atoms with Crippen LogP contribution in [0.5, 0.6) is 0 Å². The predicted octanol–water partition coefficient (Wildman–Crippen LogP) is 3.33. The van der Waals surface area contributed by atoms with Crippen molar-refractivity contribution in [3.05, 3.63) is 29.3 Å². The summed E-state index contributed by atoms with van der Waals surface area (Å²) in [5, 5.41) is 7.52. The van der Waals surface area contributed by atoms with Crippen LogP contribution in [0.3, 0.4) is 0 Å². The van der Waals surface area contributed by atoms with Crippen molar-refractivity contribution in [3.8, 4) is 0 Å². The number of guanidine groups is 1. The number of benzene rings is 1. The number of nitrogens with one attached hydrogen (secondary N) is 2. The molecule has 0 radical (unpaired) electrons. The summed E-state index contributed by atoms with van der Waals surface area (Å²) in [7, 11) is 1.81. The first kappa shape index (κ1) is 23.8. The van der Waals surface area contributed by atoms with Gasteiger partial charge in [0.25, 0.3) is 0 Å². The SMILES string of the molecule is CN=C(NCCCCN1CCOCC1)NCCSc1ccc(Cl)cc1.I. The third-order valence-electron chi connectivity index (χ3n) is 4.00. The zero-order valence-electron chi connectivity index (χ0n) is 15.4. The van der Waals surface area contributed by atoms with Crippen molar-refractivity contribution in [3.63, 3.8) is 0 Å². The largest absolute Gasteiger partial charge is 0.379 e. The molecule has 0 saturated carbocycles. The second kappa shape index (κ2) is 14.8. The Kier molecular flexibility index (Phi) is 13.5. The van der Waals surface area contributed by atoms with Gasteiger partial charge in [-0.05, 0) is 43.7 Å². The molecular formula is C18H30ClIN4OS. The number of ether oxygens (including phenoxy) is 1. The van der Waals surface area contributed by atoms with Crippen molar-refractivity contribution < 1.29 is 4.74 Å². The lowest BCUT2D eigenvalue weighted by Crippen LogP contribution is -2.39. The van der Waals surface area contributed by atoms with Crippen LogP contribution < -0.4 is 10.6 Å². The standard InChI is InChI=1S/C18H29ClN4OS.HI/c1-20-18(21-8-2-3-10-23-11-13-24-14-12-23)22-9-15-25-17-6-4-16(19)5-7-17;/h4-7H,2-3,8-15H2,1H3,(H2,20,21,22);1H. The minimum Gasteiger partial charge on any atom is -0.379 e. The molecule has 0 spiro atoms. The molecule has 0 amide bonds. The highest BCUT2D eigenvalue weighted by Gasteiger charge is 2.09. The first-order valence-electron chi connectivity index (χ1n) is 8.91. The molecule has 2 N–H and O–H groups in total. The van der Waals surface area contributed by atoms with Crippen molar-refractivity contribution in [1.82, 2.24) is 15.5 Å². The van der Waals surface area contributed by atoms with Gasteiger partial charge in [0.2, 0.25) is 0 Å². The van der Waals surface area contributed by atoms with Crippen molar-refractivity contribution >= 4 is 53.3 Å². The van der Waals surface area contributed by atoms with Gasteiger partial charge in [-0.1, -0.05) is 11.6 Å². The minimum atomic E-state index is 0. The van der Waals surface area contributed by atoms with E-state index < -0.39 is 0 Å². The Morgan fingerprint density at radius 1 is 1.15 bits per heavy atom. The van der Waals surface area contributed by atoms with Crippen LogP contribution in [0.15, 0.2) is 34.2 Å². The first-order valence-corrected chi connectivity index (χ1v) is 10.3. The molecule has 1 heterocycles. The third-order valence-corrected chi connectivity index (χ3v) is 5.26. The average molecular weight is 513 g/mol. The summed E-state index contributed by atoms with van der Waals surface area (Å²) in [6.07, 6.45) is 2.36. The number of nitrogens with zero attached hydrogens (tertiary/aromatic N) is 2. The van der Waals surface area contributed by atoms with Crippen LogP contribution in [0.2, 0.25) is 5.02 Å². The van der Waals surface area contributed by atoms with Gasteiger partial charge in [0.05, 0.1) is 13.2 Å². The van der Waals surface area contributed by atoms with E-state index in [-0.39, 0.29) is 24.0 Å². The van der Waals surface area contributed by atoms with E-state index in [0.717, 1.165) is 69.1 Å². The molecule has 0 bridgehead atoms. The number of thioether (sulfide) groups is 1. The number of rotatable bonds is 9. The maximum Gasteiger partial charge on any atom is 0.191 e. The summed E-state index contributed by atoms with van der Waals surface area (Å²) < 4.78 is 5.37. The number of hydrogen-bond acceptors (Lipinski definition) is 4.